The van der Waals surface area contributed by atoms with E-state index in [1.54, 1.807) is 11.8 Å². The van der Waals surface area contributed by atoms with E-state index in [0.717, 1.165) is 42.5 Å². The minimum absolute atomic E-state index is 0.221. The topological polar surface area (TPSA) is 60.2 Å². The summed E-state index contributed by atoms with van der Waals surface area (Å²) in [6.45, 7) is 5.34. The molecule has 2 aromatic rings. The molecule has 2 atom stereocenters. The number of thioether (sulfide) groups is 1. The highest BCUT2D eigenvalue weighted by atomic mass is 32.2. The lowest BCUT2D eigenvalue weighted by Gasteiger charge is -2.26. The molecule has 1 aliphatic carbocycles. The number of hydrogen-bond acceptors (Lipinski definition) is 5. The zero-order valence-corrected chi connectivity index (χ0v) is 15.1. The lowest BCUT2D eigenvalue weighted by molar-refractivity contribution is 0.136. The monoisotopic (exact) mass is 347 g/mol. The number of aliphatic hydroxyl groups is 1. The van der Waals surface area contributed by atoms with Crippen molar-refractivity contribution in [3.63, 3.8) is 0 Å². The molecule has 0 amide bonds. The van der Waals surface area contributed by atoms with Gasteiger partial charge in [0.1, 0.15) is 12.4 Å². The smallest absolute Gasteiger partial charge is 0.191 e. The molecule has 130 valence electrons. The van der Waals surface area contributed by atoms with E-state index in [2.05, 4.69) is 28.6 Å². The molecule has 3 rings (SSSR count). The van der Waals surface area contributed by atoms with E-state index in [1.807, 2.05) is 24.3 Å². The number of aryl methyl sites for hydroxylation is 1. The number of aliphatic hydroxyl groups excluding tert-OH is 1. The van der Waals surface area contributed by atoms with Crippen LogP contribution in [0.5, 0.6) is 5.75 Å². The van der Waals surface area contributed by atoms with Crippen molar-refractivity contribution in [2.24, 2.45) is 0 Å². The molecular weight excluding hydrogens is 322 g/mol. The third-order valence-corrected chi connectivity index (χ3v) is 5.79. The Morgan fingerprint density at radius 1 is 1.21 bits per heavy atom. The number of rotatable bonds is 6. The molecule has 1 aromatic heterocycles. The van der Waals surface area contributed by atoms with Gasteiger partial charge in [0.2, 0.25) is 0 Å². The Hall–Kier alpha value is -1.53. The van der Waals surface area contributed by atoms with Crippen molar-refractivity contribution in [1.82, 2.24) is 14.8 Å². The fourth-order valence-corrected chi connectivity index (χ4v) is 4.26. The summed E-state index contributed by atoms with van der Waals surface area (Å²) in [6, 6.07) is 8.00. The first-order valence-corrected chi connectivity index (χ1v) is 9.51. The van der Waals surface area contributed by atoms with Crippen molar-refractivity contribution < 1.29 is 9.84 Å². The highest BCUT2D eigenvalue weighted by molar-refractivity contribution is 7.99. The van der Waals surface area contributed by atoms with Gasteiger partial charge in [-0.05, 0) is 38.8 Å². The fraction of sp³-hybridized carbons (Fsp3) is 0.556. The predicted molar refractivity (Wildman–Crippen MR) is 95.3 cm³/mol. The summed E-state index contributed by atoms with van der Waals surface area (Å²) >= 11 is 1.65. The van der Waals surface area contributed by atoms with E-state index < -0.39 is 0 Å². The van der Waals surface area contributed by atoms with Gasteiger partial charge >= 0.3 is 0 Å². The molecule has 0 bridgehead atoms. The van der Waals surface area contributed by atoms with E-state index in [1.165, 1.54) is 12.0 Å². The summed E-state index contributed by atoms with van der Waals surface area (Å²) in [6.07, 6.45) is 3.99. The maximum atomic E-state index is 10.2. The van der Waals surface area contributed by atoms with Gasteiger partial charge in [-0.15, -0.1) is 10.2 Å². The Kier molecular flexibility index (Phi) is 5.79. The first-order valence-electron chi connectivity index (χ1n) is 8.63. The average molecular weight is 347 g/mol. The number of ether oxygens (including phenoxy) is 1. The summed E-state index contributed by atoms with van der Waals surface area (Å²) in [5.74, 6) is 1.66. The molecule has 1 saturated carbocycles. The Morgan fingerprint density at radius 2 is 1.96 bits per heavy atom. The maximum Gasteiger partial charge on any atom is 0.191 e. The minimum atomic E-state index is -0.238. The molecule has 1 fully saturated rings. The van der Waals surface area contributed by atoms with Crippen molar-refractivity contribution in [3.05, 3.63) is 35.7 Å². The lowest BCUT2D eigenvalue weighted by atomic mass is 9.97. The van der Waals surface area contributed by atoms with Gasteiger partial charge < -0.3 is 14.4 Å². The molecule has 1 heterocycles. The van der Waals surface area contributed by atoms with Crippen LogP contribution >= 0.6 is 11.8 Å². The summed E-state index contributed by atoms with van der Waals surface area (Å²) in [5, 5.41) is 19.9. The first kappa shape index (κ1) is 17.3. The van der Waals surface area contributed by atoms with E-state index in [9.17, 15) is 5.11 Å². The van der Waals surface area contributed by atoms with Crippen molar-refractivity contribution in [2.45, 2.75) is 69.2 Å². The lowest BCUT2D eigenvalue weighted by Crippen LogP contribution is -2.27. The summed E-state index contributed by atoms with van der Waals surface area (Å²) in [4.78, 5) is 0. The van der Waals surface area contributed by atoms with Gasteiger partial charge in [0, 0.05) is 11.8 Å². The number of hydrogen-bond donors (Lipinski definition) is 1. The van der Waals surface area contributed by atoms with Crippen LogP contribution in [0.2, 0.25) is 0 Å². The molecule has 0 radical (unpaired) electrons. The number of aromatic nitrogens is 3. The van der Waals surface area contributed by atoms with Gasteiger partial charge in [0.15, 0.2) is 11.0 Å². The molecule has 6 heteroatoms. The van der Waals surface area contributed by atoms with Crippen molar-refractivity contribution in [2.75, 3.05) is 0 Å². The van der Waals surface area contributed by atoms with Crippen molar-refractivity contribution >= 4 is 11.8 Å². The molecule has 2 unspecified atom stereocenters. The van der Waals surface area contributed by atoms with Crippen LogP contribution in [0.1, 0.15) is 44.0 Å². The van der Waals surface area contributed by atoms with Gasteiger partial charge in [-0.25, -0.2) is 0 Å². The largest absolute Gasteiger partial charge is 0.486 e. The van der Waals surface area contributed by atoms with Crippen LogP contribution in [0.3, 0.4) is 0 Å². The average Bonchev–Trinajstić information content (AvgIpc) is 2.98. The van der Waals surface area contributed by atoms with Crippen molar-refractivity contribution in [1.29, 1.82) is 0 Å². The second-order valence-electron chi connectivity index (χ2n) is 6.25. The van der Waals surface area contributed by atoms with Crippen LogP contribution in [0, 0.1) is 6.92 Å². The number of benzene rings is 1. The molecule has 5 nitrogen and oxygen atoms in total. The zero-order valence-electron chi connectivity index (χ0n) is 14.3. The van der Waals surface area contributed by atoms with E-state index in [-0.39, 0.29) is 11.4 Å². The maximum absolute atomic E-state index is 10.2. The Morgan fingerprint density at radius 3 is 2.67 bits per heavy atom. The molecule has 0 aliphatic heterocycles. The quantitative estimate of drug-likeness (QED) is 0.865. The Bertz CT molecular complexity index is 657. The van der Waals surface area contributed by atoms with Crippen LogP contribution in [-0.2, 0) is 13.2 Å². The third kappa shape index (κ3) is 4.11. The van der Waals surface area contributed by atoms with E-state index in [4.69, 9.17) is 4.74 Å². The molecule has 24 heavy (non-hydrogen) atoms. The van der Waals surface area contributed by atoms with Crippen LogP contribution in [-0.4, -0.2) is 31.2 Å². The predicted octanol–water partition coefficient (Wildman–Crippen LogP) is 3.58. The van der Waals surface area contributed by atoms with Crippen LogP contribution in [0.15, 0.2) is 29.4 Å². The zero-order chi connectivity index (χ0) is 16.9. The van der Waals surface area contributed by atoms with Crippen LogP contribution in [0.4, 0.5) is 0 Å². The highest BCUT2D eigenvalue weighted by Crippen LogP contribution is 2.33. The first-order chi connectivity index (χ1) is 11.7. The minimum Gasteiger partial charge on any atom is -0.486 e. The van der Waals surface area contributed by atoms with Gasteiger partial charge in [-0.2, -0.15) is 0 Å². The van der Waals surface area contributed by atoms with Gasteiger partial charge in [-0.3, -0.25) is 0 Å². The summed E-state index contributed by atoms with van der Waals surface area (Å²) in [7, 11) is 0. The van der Waals surface area contributed by atoms with E-state index in [0.29, 0.717) is 6.61 Å². The van der Waals surface area contributed by atoms with Crippen LogP contribution in [0.25, 0.3) is 0 Å². The Balaban J connectivity index is 1.66. The SMILES string of the molecule is CCn1c(COc2ccc(C)cc2)nnc1SC1CCCCC1O. The van der Waals surface area contributed by atoms with Gasteiger partial charge in [-0.1, -0.05) is 42.3 Å². The summed E-state index contributed by atoms with van der Waals surface area (Å²) < 4.78 is 7.92. The van der Waals surface area contributed by atoms with Gasteiger partial charge in [0.25, 0.3) is 0 Å². The number of nitrogens with zero attached hydrogens (tertiary/aromatic N) is 3. The Labute approximate surface area is 147 Å². The summed E-state index contributed by atoms with van der Waals surface area (Å²) in [5.41, 5.74) is 1.21. The molecule has 1 aliphatic rings. The normalized spacial score (nSPS) is 21.0. The van der Waals surface area contributed by atoms with E-state index >= 15 is 0 Å². The molecule has 1 N–H and O–H groups in total. The molecular formula is C18H25N3O2S. The molecule has 0 spiro atoms. The fourth-order valence-electron chi connectivity index (χ4n) is 2.96. The van der Waals surface area contributed by atoms with Gasteiger partial charge in [0.05, 0.1) is 6.10 Å². The second kappa shape index (κ2) is 8.03. The highest BCUT2D eigenvalue weighted by Gasteiger charge is 2.26. The van der Waals surface area contributed by atoms with Crippen molar-refractivity contribution in [3.8, 4) is 5.75 Å². The second-order valence-corrected chi connectivity index (χ2v) is 7.46. The molecule has 0 saturated heterocycles. The third-order valence-electron chi connectivity index (χ3n) is 4.42. The standard InChI is InChI=1S/C18H25N3O2S/c1-3-21-17(12-23-14-10-8-13(2)9-11-14)19-20-18(21)24-16-7-5-4-6-15(16)22/h8-11,15-16,22H,3-7,12H2,1-2H3. The molecule has 1 aromatic carbocycles. The van der Waals surface area contributed by atoms with Crippen LogP contribution < -0.4 is 4.74 Å².